The van der Waals surface area contributed by atoms with Crippen LogP contribution >= 0.6 is 0 Å². The summed E-state index contributed by atoms with van der Waals surface area (Å²) in [5.74, 6) is 0.681. The van der Waals surface area contributed by atoms with E-state index in [1.165, 1.54) is 0 Å². The Morgan fingerprint density at radius 2 is 1.67 bits per heavy atom. The third-order valence-corrected chi connectivity index (χ3v) is 3.79. The Bertz CT molecular complexity index is 1040. The lowest BCUT2D eigenvalue weighted by molar-refractivity contribution is 0.420. The molecule has 0 atom stereocenters. The molecule has 0 aliphatic rings. The van der Waals surface area contributed by atoms with E-state index in [0.717, 1.165) is 21.5 Å². The van der Waals surface area contributed by atoms with E-state index in [-0.39, 0.29) is 5.63 Å². The van der Waals surface area contributed by atoms with E-state index >= 15 is 0 Å². The van der Waals surface area contributed by atoms with Crippen LogP contribution in [0.5, 0.6) is 5.75 Å². The van der Waals surface area contributed by atoms with Gasteiger partial charge in [-0.05, 0) is 35.0 Å². The largest absolute Gasteiger partial charge is 0.496 e. The second-order valence-corrected chi connectivity index (χ2v) is 4.97. The zero-order valence-corrected chi connectivity index (χ0v) is 11.4. The van der Waals surface area contributed by atoms with E-state index in [4.69, 9.17) is 9.15 Å². The van der Waals surface area contributed by atoms with Crippen molar-refractivity contribution < 1.29 is 9.15 Å². The van der Waals surface area contributed by atoms with Gasteiger partial charge in [-0.25, -0.2) is 4.79 Å². The highest BCUT2D eigenvalue weighted by atomic mass is 16.5. The van der Waals surface area contributed by atoms with Crippen LogP contribution in [0.3, 0.4) is 0 Å². The SMILES string of the molecule is COc1cccc2c(=O)oc3cc4ccccc4cc3c12. The third kappa shape index (κ3) is 1.71. The van der Waals surface area contributed by atoms with Gasteiger partial charge in [0.1, 0.15) is 11.3 Å². The highest BCUT2D eigenvalue weighted by Crippen LogP contribution is 2.33. The average Bonchev–Trinajstić information content (AvgIpc) is 2.53. The highest BCUT2D eigenvalue weighted by Gasteiger charge is 2.12. The average molecular weight is 276 g/mol. The van der Waals surface area contributed by atoms with Crippen LogP contribution in [-0.4, -0.2) is 7.11 Å². The molecule has 0 saturated carbocycles. The van der Waals surface area contributed by atoms with Crippen molar-refractivity contribution in [2.24, 2.45) is 0 Å². The molecule has 3 heteroatoms. The maximum Gasteiger partial charge on any atom is 0.344 e. The first-order valence-corrected chi connectivity index (χ1v) is 6.70. The topological polar surface area (TPSA) is 39.4 Å². The van der Waals surface area contributed by atoms with Gasteiger partial charge in [0.25, 0.3) is 0 Å². The minimum absolute atomic E-state index is 0.341. The van der Waals surface area contributed by atoms with Crippen molar-refractivity contribution >= 4 is 32.5 Å². The van der Waals surface area contributed by atoms with E-state index < -0.39 is 0 Å². The van der Waals surface area contributed by atoms with Crippen molar-refractivity contribution in [1.29, 1.82) is 0 Å². The number of hydrogen-bond acceptors (Lipinski definition) is 3. The van der Waals surface area contributed by atoms with Crippen LogP contribution in [0.15, 0.2) is 63.8 Å². The molecule has 0 aliphatic heterocycles. The van der Waals surface area contributed by atoms with Crippen LogP contribution in [-0.2, 0) is 0 Å². The first-order valence-electron chi connectivity index (χ1n) is 6.70. The van der Waals surface area contributed by atoms with E-state index in [0.29, 0.717) is 16.7 Å². The molecular formula is C18H12O3. The molecule has 0 fully saturated rings. The summed E-state index contributed by atoms with van der Waals surface area (Å²) in [7, 11) is 1.61. The lowest BCUT2D eigenvalue weighted by atomic mass is 10.0. The Morgan fingerprint density at radius 3 is 2.43 bits per heavy atom. The minimum atomic E-state index is -0.341. The molecule has 0 amide bonds. The fraction of sp³-hybridized carbons (Fsp3) is 0.0556. The molecule has 0 bridgehead atoms. The van der Waals surface area contributed by atoms with Crippen LogP contribution in [0.4, 0.5) is 0 Å². The molecule has 0 aliphatic carbocycles. The summed E-state index contributed by atoms with van der Waals surface area (Å²) in [6, 6.07) is 17.4. The Hall–Kier alpha value is -2.81. The molecule has 0 saturated heterocycles. The van der Waals surface area contributed by atoms with Crippen molar-refractivity contribution in [1.82, 2.24) is 0 Å². The van der Waals surface area contributed by atoms with Crippen LogP contribution < -0.4 is 10.4 Å². The van der Waals surface area contributed by atoms with Crippen molar-refractivity contribution in [3.05, 3.63) is 65.0 Å². The first kappa shape index (κ1) is 12.0. The molecule has 0 radical (unpaired) electrons. The van der Waals surface area contributed by atoms with Gasteiger partial charge in [-0.15, -0.1) is 0 Å². The molecule has 1 heterocycles. The first-order chi connectivity index (χ1) is 10.3. The Labute approximate surface area is 120 Å². The second-order valence-electron chi connectivity index (χ2n) is 4.97. The van der Waals surface area contributed by atoms with Gasteiger partial charge in [0.05, 0.1) is 12.5 Å². The standard InChI is InChI=1S/C18H12O3/c1-20-15-8-4-7-13-17(15)14-9-11-5-2-3-6-12(11)10-16(14)21-18(13)19/h2-10H,1H3. The summed E-state index contributed by atoms with van der Waals surface area (Å²) in [6.45, 7) is 0. The molecule has 102 valence electrons. The molecule has 0 spiro atoms. The zero-order chi connectivity index (χ0) is 14.4. The number of ether oxygens (including phenoxy) is 1. The Balaban J connectivity index is 2.32. The molecule has 4 rings (SSSR count). The van der Waals surface area contributed by atoms with Crippen molar-refractivity contribution in [3.63, 3.8) is 0 Å². The van der Waals surface area contributed by atoms with Crippen LogP contribution in [0, 0.1) is 0 Å². The molecule has 21 heavy (non-hydrogen) atoms. The maximum absolute atomic E-state index is 12.2. The molecule has 1 aromatic heterocycles. The Kier molecular flexibility index (Phi) is 2.48. The summed E-state index contributed by atoms with van der Waals surface area (Å²) >= 11 is 0. The van der Waals surface area contributed by atoms with Crippen molar-refractivity contribution in [3.8, 4) is 5.75 Å². The number of rotatable bonds is 1. The van der Waals surface area contributed by atoms with Crippen molar-refractivity contribution in [2.45, 2.75) is 0 Å². The quantitative estimate of drug-likeness (QED) is 0.298. The van der Waals surface area contributed by atoms with Gasteiger partial charge >= 0.3 is 5.63 Å². The normalized spacial score (nSPS) is 11.3. The van der Waals surface area contributed by atoms with Crippen LogP contribution in [0.25, 0.3) is 32.5 Å². The lowest BCUT2D eigenvalue weighted by Gasteiger charge is -2.08. The summed E-state index contributed by atoms with van der Waals surface area (Å²) < 4.78 is 10.9. The number of fused-ring (bicyclic) bond motifs is 4. The minimum Gasteiger partial charge on any atom is -0.496 e. The highest BCUT2D eigenvalue weighted by molar-refractivity contribution is 6.11. The molecule has 4 aromatic rings. The van der Waals surface area contributed by atoms with E-state index in [2.05, 4.69) is 0 Å². The molecule has 0 unspecified atom stereocenters. The lowest BCUT2D eigenvalue weighted by Crippen LogP contribution is -2.01. The van der Waals surface area contributed by atoms with Gasteiger partial charge in [-0.2, -0.15) is 0 Å². The molecule has 3 nitrogen and oxygen atoms in total. The zero-order valence-electron chi connectivity index (χ0n) is 11.4. The van der Waals surface area contributed by atoms with Crippen LogP contribution in [0.2, 0.25) is 0 Å². The third-order valence-electron chi connectivity index (χ3n) is 3.79. The van der Waals surface area contributed by atoms with Gasteiger partial charge in [0.2, 0.25) is 0 Å². The van der Waals surface area contributed by atoms with Gasteiger partial charge < -0.3 is 9.15 Å². The van der Waals surface area contributed by atoms with Gasteiger partial charge in [-0.3, -0.25) is 0 Å². The smallest absolute Gasteiger partial charge is 0.344 e. The monoisotopic (exact) mass is 276 g/mol. The summed E-state index contributed by atoms with van der Waals surface area (Å²) in [4.78, 5) is 12.2. The summed E-state index contributed by atoms with van der Waals surface area (Å²) in [5, 5.41) is 4.38. The second kappa shape index (κ2) is 4.35. The number of benzene rings is 3. The number of hydrogen-bond donors (Lipinski definition) is 0. The summed E-state index contributed by atoms with van der Waals surface area (Å²) in [5.41, 5.74) is 0.238. The van der Waals surface area contributed by atoms with Crippen molar-refractivity contribution in [2.75, 3.05) is 7.11 Å². The summed E-state index contributed by atoms with van der Waals surface area (Å²) in [6.07, 6.45) is 0. The Morgan fingerprint density at radius 1 is 0.905 bits per heavy atom. The predicted octanol–water partition coefficient (Wildman–Crippen LogP) is 4.11. The van der Waals surface area contributed by atoms with E-state index in [1.807, 2.05) is 42.5 Å². The van der Waals surface area contributed by atoms with Gasteiger partial charge in [-0.1, -0.05) is 30.3 Å². The van der Waals surface area contributed by atoms with E-state index in [1.54, 1.807) is 19.2 Å². The maximum atomic E-state index is 12.2. The molecule has 0 N–H and O–H groups in total. The fourth-order valence-electron chi connectivity index (χ4n) is 2.80. The molecular weight excluding hydrogens is 264 g/mol. The van der Waals surface area contributed by atoms with Gasteiger partial charge in [0.15, 0.2) is 0 Å². The van der Waals surface area contributed by atoms with E-state index in [9.17, 15) is 4.79 Å². The predicted molar refractivity (Wildman–Crippen MR) is 84.0 cm³/mol. The number of methoxy groups -OCH3 is 1. The fourth-order valence-corrected chi connectivity index (χ4v) is 2.80. The van der Waals surface area contributed by atoms with Crippen LogP contribution in [0.1, 0.15) is 0 Å². The van der Waals surface area contributed by atoms with Gasteiger partial charge in [0, 0.05) is 10.8 Å². The molecule has 3 aromatic carbocycles.